The summed E-state index contributed by atoms with van der Waals surface area (Å²) in [5.74, 6) is -0.109. The molecular formula is C17H30O4. The molecule has 0 aliphatic carbocycles. The predicted molar refractivity (Wildman–Crippen MR) is 82.8 cm³/mol. The summed E-state index contributed by atoms with van der Waals surface area (Å²) in [4.78, 5) is 22.0. The van der Waals surface area contributed by atoms with Crippen LogP contribution in [0.5, 0.6) is 0 Å². The van der Waals surface area contributed by atoms with E-state index in [-0.39, 0.29) is 24.0 Å². The maximum Gasteiger partial charge on any atom is 0.306 e. The van der Waals surface area contributed by atoms with Crippen LogP contribution in [0.15, 0.2) is 12.2 Å². The highest BCUT2D eigenvalue weighted by atomic mass is 17.2. The third kappa shape index (κ3) is 5.79. The number of aliphatic carboxylic acids is 1. The minimum absolute atomic E-state index is 0.0154. The average Bonchev–Trinajstić information content (AvgIpc) is 2.45. The van der Waals surface area contributed by atoms with E-state index in [2.05, 4.69) is 39.8 Å². The molecule has 0 aromatic rings. The van der Waals surface area contributed by atoms with E-state index in [1.165, 1.54) is 0 Å². The molecule has 1 fully saturated rings. The lowest BCUT2D eigenvalue weighted by atomic mass is 9.79. The lowest BCUT2D eigenvalue weighted by Crippen LogP contribution is -2.44. The number of hydrogen-bond donors (Lipinski definition) is 1. The number of rotatable bonds is 8. The van der Waals surface area contributed by atoms with E-state index in [1.807, 2.05) is 0 Å². The summed E-state index contributed by atoms with van der Waals surface area (Å²) in [7, 11) is 0. The summed E-state index contributed by atoms with van der Waals surface area (Å²) in [5.41, 5.74) is -0.325. The molecule has 1 rings (SSSR count). The third-order valence-corrected chi connectivity index (χ3v) is 4.36. The minimum atomic E-state index is -0.831. The molecule has 122 valence electrons. The molecule has 0 bridgehead atoms. The van der Waals surface area contributed by atoms with Gasteiger partial charge in [0.15, 0.2) is 0 Å². The molecule has 4 heteroatoms. The van der Waals surface area contributed by atoms with Crippen molar-refractivity contribution in [3.63, 3.8) is 0 Å². The van der Waals surface area contributed by atoms with Gasteiger partial charge in [-0.2, -0.15) is 0 Å². The molecule has 0 saturated carbocycles. The molecule has 1 saturated heterocycles. The van der Waals surface area contributed by atoms with Crippen LogP contribution in [0.1, 0.15) is 66.2 Å². The lowest BCUT2D eigenvalue weighted by molar-refractivity contribution is -0.419. The molecule has 4 atom stereocenters. The number of hydrogen-bond acceptors (Lipinski definition) is 3. The lowest BCUT2D eigenvalue weighted by Gasteiger charge is -2.41. The normalized spacial score (nSPS) is 31.4. The largest absolute Gasteiger partial charge is 0.481 e. The molecule has 0 spiro atoms. The fraction of sp³-hybridized carbons (Fsp3) is 0.824. The van der Waals surface area contributed by atoms with Crippen LogP contribution in [0.4, 0.5) is 0 Å². The fourth-order valence-electron chi connectivity index (χ4n) is 3.11. The van der Waals surface area contributed by atoms with Crippen molar-refractivity contribution in [2.45, 2.75) is 77.9 Å². The highest BCUT2D eigenvalue weighted by molar-refractivity contribution is 5.67. The van der Waals surface area contributed by atoms with Gasteiger partial charge in [-0.1, -0.05) is 39.3 Å². The van der Waals surface area contributed by atoms with E-state index in [0.717, 1.165) is 32.1 Å². The van der Waals surface area contributed by atoms with Gasteiger partial charge in [0, 0.05) is 0 Å². The van der Waals surface area contributed by atoms with Gasteiger partial charge in [0.05, 0.1) is 6.42 Å². The molecule has 1 aliphatic rings. The Kier molecular flexibility index (Phi) is 7.40. The van der Waals surface area contributed by atoms with Crippen LogP contribution in [-0.4, -0.2) is 22.8 Å². The third-order valence-electron chi connectivity index (χ3n) is 4.36. The first-order valence-corrected chi connectivity index (χ1v) is 8.17. The van der Waals surface area contributed by atoms with Gasteiger partial charge in [-0.15, -0.1) is 0 Å². The number of allylic oxidation sites excluding steroid dienone is 2. The molecule has 1 N–H and O–H groups in total. The fourth-order valence-corrected chi connectivity index (χ4v) is 3.11. The Morgan fingerprint density at radius 3 is 2.67 bits per heavy atom. The van der Waals surface area contributed by atoms with Gasteiger partial charge in [0.25, 0.3) is 0 Å². The van der Waals surface area contributed by atoms with Crippen molar-refractivity contribution < 1.29 is 19.7 Å². The van der Waals surface area contributed by atoms with Crippen LogP contribution >= 0.6 is 0 Å². The number of carboxylic acid groups (broad SMARTS) is 1. The minimum Gasteiger partial charge on any atom is -0.481 e. The summed E-state index contributed by atoms with van der Waals surface area (Å²) < 4.78 is 0. The zero-order chi connectivity index (χ0) is 15.9. The predicted octanol–water partition coefficient (Wildman–Crippen LogP) is 4.35. The Labute approximate surface area is 128 Å². The highest BCUT2D eigenvalue weighted by Crippen LogP contribution is 2.39. The molecule has 21 heavy (non-hydrogen) atoms. The zero-order valence-electron chi connectivity index (χ0n) is 13.8. The maximum absolute atomic E-state index is 10.9. The van der Waals surface area contributed by atoms with Crippen molar-refractivity contribution in [2.24, 2.45) is 11.8 Å². The standard InChI is InChI=1S/C17H30O4/c1-5-8-9-13(6-2)11-17(4)12-14(7-3)15(20-21-17)10-16(18)19/h8-9,13-15H,5-7,10-12H2,1-4H3,(H,18,19)/b9-8+/t13?,14-,15-,17+/m0/s1. The zero-order valence-corrected chi connectivity index (χ0v) is 13.8. The van der Waals surface area contributed by atoms with Gasteiger partial charge in [-0.25, -0.2) is 9.78 Å². The Morgan fingerprint density at radius 1 is 1.43 bits per heavy atom. The van der Waals surface area contributed by atoms with E-state index in [0.29, 0.717) is 5.92 Å². The van der Waals surface area contributed by atoms with Crippen LogP contribution in [-0.2, 0) is 14.6 Å². The molecule has 0 radical (unpaired) electrons. The summed E-state index contributed by atoms with van der Waals surface area (Å²) in [6.07, 6.45) is 8.96. The van der Waals surface area contributed by atoms with Crippen LogP contribution < -0.4 is 0 Å². The van der Waals surface area contributed by atoms with E-state index >= 15 is 0 Å². The first-order chi connectivity index (χ1) is 9.94. The molecule has 0 aromatic heterocycles. The van der Waals surface area contributed by atoms with Gasteiger partial charge < -0.3 is 5.11 Å². The van der Waals surface area contributed by atoms with Gasteiger partial charge in [-0.3, -0.25) is 4.79 Å². The average molecular weight is 298 g/mol. The van der Waals surface area contributed by atoms with Crippen LogP contribution in [0.3, 0.4) is 0 Å². The van der Waals surface area contributed by atoms with Gasteiger partial charge in [0.2, 0.25) is 0 Å². The SMILES string of the molecule is CC/C=C/C(CC)C[C@]1(C)C[C@H](CC)[C@H](CC(=O)O)OO1. The first kappa shape index (κ1) is 18.2. The first-order valence-electron chi connectivity index (χ1n) is 8.17. The van der Waals surface area contributed by atoms with Gasteiger partial charge >= 0.3 is 5.97 Å². The molecule has 0 amide bonds. The Morgan fingerprint density at radius 2 is 2.14 bits per heavy atom. The Balaban J connectivity index is 2.66. The highest BCUT2D eigenvalue weighted by Gasteiger charge is 2.41. The van der Waals surface area contributed by atoms with Gasteiger partial charge in [-0.05, 0) is 44.4 Å². The molecular weight excluding hydrogens is 268 g/mol. The topological polar surface area (TPSA) is 55.8 Å². The second-order valence-electron chi connectivity index (χ2n) is 6.35. The van der Waals surface area contributed by atoms with Crippen LogP contribution in [0.2, 0.25) is 0 Å². The van der Waals surface area contributed by atoms with Gasteiger partial charge in [0.1, 0.15) is 11.7 Å². The second kappa shape index (κ2) is 8.54. The van der Waals surface area contributed by atoms with Crippen molar-refractivity contribution in [1.82, 2.24) is 0 Å². The summed E-state index contributed by atoms with van der Waals surface area (Å²) >= 11 is 0. The van der Waals surface area contributed by atoms with Crippen molar-refractivity contribution in [3.8, 4) is 0 Å². The molecule has 1 aliphatic heterocycles. The van der Waals surface area contributed by atoms with Crippen molar-refractivity contribution in [1.29, 1.82) is 0 Å². The van der Waals surface area contributed by atoms with Crippen LogP contribution in [0, 0.1) is 11.8 Å². The monoisotopic (exact) mass is 298 g/mol. The quantitative estimate of drug-likeness (QED) is 0.534. The maximum atomic E-state index is 10.9. The second-order valence-corrected chi connectivity index (χ2v) is 6.35. The van der Waals surface area contributed by atoms with Crippen LogP contribution in [0.25, 0.3) is 0 Å². The summed E-state index contributed by atoms with van der Waals surface area (Å²) in [6.45, 7) is 8.48. The summed E-state index contributed by atoms with van der Waals surface area (Å²) in [5, 5.41) is 8.95. The van der Waals surface area contributed by atoms with Crippen molar-refractivity contribution in [3.05, 3.63) is 12.2 Å². The summed E-state index contributed by atoms with van der Waals surface area (Å²) in [6, 6.07) is 0. The molecule has 4 nitrogen and oxygen atoms in total. The van der Waals surface area contributed by atoms with Crippen molar-refractivity contribution >= 4 is 5.97 Å². The Bertz CT molecular complexity index is 353. The molecule has 0 aromatic carbocycles. The Hall–Kier alpha value is -0.870. The number of carbonyl (C=O) groups is 1. The van der Waals surface area contributed by atoms with E-state index in [9.17, 15) is 4.79 Å². The van der Waals surface area contributed by atoms with E-state index in [4.69, 9.17) is 14.9 Å². The number of carboxylic acids is 1. The smallest absolute Gasteiger partial charge is 0.306 e. The van der Waals surface area contributed by atoms with E-state index < -0.39 is 5.97 Å². The molecule has 1 heterocycles. The van der Waals surface area contributed by atoms with E-state index in [1.54, 1.807) is 0 Å². The van der Waals surface area contributed by atoms with Crippen molar-refractivity contribution in [2.75, 3.05) is 0 Å². The molecule has 1 unspecified atom stereocenters.